The molecule has 0 spiro atoms. The molecule has 0 heterocycles. The second kappa shape index (κ2) is 7.05. The molecular formula is C14H10Br2ClFN2S. The molecule has 110 valence electrons. The standard InChI is InChI=1S/C14H10Br2ClFN2S/c1-7-2-3-9(17)6-12(7)19-14(21)20-13-10(16)4-8(15)5-11(13)18/h2-6H,1H3,(H2,19,20,21). The molecule has 0 saturated heterocycles. The van der Waals surface area contributed by atoms with Crippen LogP contribution in [0.1, 0.15) is 5.56 Å². The van der Waals surface area contributed by atoms with Crippen LogP contribution in [0.25, 0.3) is 0 Å². The van der Waals surface area contributed by atoms with Crippen LogP contribution in [0.5, 0.6) is 0 Å². The number of nitrogens with one attached hydrogen (secondary N) is 2. The average Bonchev–Trinajstić information content (AvgIpc) is 2.38. The Kier molecular flexibility index (Phi) is 5.60. The van der Waals surface area contributed by atoms with Gasteiger partial charge in [-0.2, -0.15) is 0 Å². The van der Waals surface area contributed by atoms with Gasteiger partial charge < -0.3 is 10.6 Å². The first-order valence-corrected chi connectivity index (χ1v) is 8.22. The first-order valence-electron chi connectivity index (χ1n) is 5.85. The summed E-state index contributed by atoms with van der Waals surface area (Å²) in [5, 5.41) is 6.72. The van der Waals surface area contributed by atoms with E-state index >= 15 is 0 Å². The molecule has 0 aliphatic rings. The summed E-state index contributed by atoms with van der Waals surface area (Å²) in [6.45, 7) is 1.93. The van der Waals surface area contributed by atoms with Crippen LogP contribution in [0.2, 0.25) is 5.02 Å². The van der Waals surface area contributed by atoms with Crippen molar-refractivity contribution in [2.75, 3.05) is 10.6 Å². The van der Waals surface area contributed by atoms with E-state index in [2.05, 4.69) is 42.5 Å². The summed E-state index contributed by atoms with van der Waals surface area (Å²) in [4.78, 5) is 0. The molecule has 0 fully saturated rings. The third-order valence-electron chi connectivity index (χ3n) is 2.69. The molecule has 0 aliphatic heterocycles. The molecule has 2 aromatic rings. The van der Waals surface area contributed by atoms with Gasteiger partial charge in [-0.05, 0) is 64.9 Å². The van der Waals surface area contributed by atoms with Crippen molar-refractivity contribution in [2.45, 2.75) is 6.92 Å². The van der Waals surface area contributed by atoms with Crippen molar-refractivity contribution in [2.24, 2.45) is 0 Å². The summed E-state index contributed by atoms with van der Waals surface area (Å²) in [6.07, 6.45) is 0. The van der Waals surface area contributed by atoms with Crippen molar-refractivity contribution in [3.05, 3.63) is 55.7 Å². The fraction of sp³-hybridized carbons (Fsp3) is 0.0714. The Labute approximate surface area is 149 Å². The van der Waals surface area contributed by atoms with Crippen LogP contribution < -0.4 is 10.6 Å². The molecular weight excluding hydrogens is 442 g/mol. The van der Waals surface area contributed by atoms with Crippen LogP contribution >= 0.6 is 55.7 Å². The summed E-state index contributed by atoms with van der Waals surface area (Å²) in [5.41, 5.74) is 2.03. The minimum Gasteiger partial charge on any atom is -0.332 e. The van der Waals surface area contributed by atoms with Crippen LogP contribution in [-0.4, -0.2) is 5.11 Å². The first kappa shape index (κ1) is 16.7. The highest BCUT2D eigenvalue weighted by molar-refractivity contribution is 9.11. The predicted octanol–water partition coefficient (Wildman–Crippen LogP) is 6.12. The summed E-state index contributed by atoms with van der Waals surface area (Å²) < 4.78 is 15.1. The zero-order chi connectivity index (χ0) is 15.6. The third kappa shape index (κ3) is 4.39. The fourth-order valence-electron chi connectivity index (χ4n) is 1.66. The number of halogens is 4. The molecule has 0 saturated carbocycles. The molecule has 2 N–H and O–H groups in total. The Hall–Kier alpha value is -0.690. The lowest BCUT2D eigenvalue weighted by molar-refractivity contribution is 0.630. The summed E-state index contributed by atoms with van der Waals surface area (Å²) in [6, 6.07) is 8.53. The molecule has 2 rings (SSSR count). The highest BCUT2D eigenvalue weighted by atomic mass is 79.9. The maximum absolute atomic E-state index is 13.9. The largest absolute Gasteiger partial charge is 0.332 e. The summed E-state index contributed by atoms with van der Waals surface area (Å²) >= 11 is 17.7. The van der Waals surface area contributed by atoms with E-state index in [0.29, 0.717) is 14.0 Å². The van der Waals surface area contributed by atoms with Crippen molar-refractivity contribution >= 4 is 72.2 Å². The Balaban J connectivity index is 2.17. The minimum atomic E-state index is -0.414. The van der Waals surface area contributed by atoms with E-state index in [4.69, 9.17) is 23.8 Å². The van der Waals surface area contributed by atoms with Gasteiger partial charge in [-0.25, -0.2) is 4.39 Å². The van der Waals surface area contributed by atoms with Crippen LogP contribution in [0.3, 0.4) is 0 Å². The van der Waals surface area contributed by atoms with Gasteiger partial charge in [0.15, 0.2) is 5.11 Å². The Morgan fingerprint density at radius 2 is 1.90 bits per heavy atom. The number of anilines is 2. The number of rotatable bonds is 2. The lowest BCUT2D eigenvalue weighted by Crippen LogP contribution is -2.20. The molecule has 0 amide bonds. The third-order valence-corrected chi connectivity index (χ3v) is 4.22. The molecule has 2 nitrogen and oxygen atoms in total. The highest BCUT2D eigenvalue weighted by Crippen LogP contribution is 2.30. The zero-order valence-electron chi connectivity index (χ0n) is 10.8. The van der Waals surface area contributed by atoms with Gasteiger partial charge in [0, 0.05) is 19.7 Å². The highest BCUT2D eigenvalue weighted by Gasteiger charge is 2.11. The monoisotopic (exact) mass is 450 g/mol. The molecule has 0 aliphatic carbocycles. The van der Waals surface area contributed by atoms with Gasteiger partial charge >= 0.3 is 0 Å². The van der Waals surface area contributed by atoms with Crippen LogP contribution in [0.4, 0.5) is 15.8 Å². The van der Waals surface area contributed by atoms with E-state index in [9.17, 15) is 4.39 Å². The zero-order valence-corrected chi connectivity index (χ0v) is 15.6. The maximum Gasteiger partial charge on any atom is 0.175 e. The second-order valence-electron chi connectivity index (χ2n) is 4.28. The van der Waals surface area contributed by atoms with Crippen molar-refractivity contribution in [3.63, 3.8) is 0 Å². The van der Waals surface area contributed by atoms with E-state index in [1.54, 1.807) is 18.2 Å². The predicted molar refractivity (Wildman–Crippen MR) is 97.8 cm³/mol. The maximum atomic E-state index is 13.9. The van der Waals surface area contributed by atoms with E-state index in [-0.39, 0.29) is 10.8 Å². The molecule has 7 heteroatoms. The molecule has 0 radical (unpaired) electrons. The fourth-order valence-corrected chi connectivity index (χ4v) is 3.31. The molecule has 0 atom stereocenters. The number of thiocarbonyl (C=S) groups is 1. The molecule has 0 unspecified atom stereocenters. The second-order valence-corrected chi connectivity index (χ2v) is 6.90. The van der Waals surface area contributed by atoms with Gasteiger partial charge in [0.25, 0.3) is 0 Å². The Morgan fingerprint density at radius 3 is 2.57 bits per heavy atom. The van der Waals surface area contributed by atoms with Gasteiger partial charge in [-0.3, -0.25) is 0 Å². The minimum absolute atomic E-state index is 0.274. The molecule has 21 heavy (non-hydrogen) atoms. The quantitative estimate of drug-likeness (QED) is 0.537. The van der Waals surface area contributed by atoms with Gasteiger partial charge in [0.05, 0.1) is 5.69 Å². The summed E-state index contributed by atoms with van der Waals surface area (Å²) in [7, 11) is 0. The molecule has 0 aromatic heterocycles. The van der Waals surface area contributed by atoms with E-state index in [0.717, 1.165) is 11.3 Å². The number of aryl methyl sites for hydroxylation is 1. The Bertz CT molecular complexity index is 686. The van der Waals surface area contributed by atoms with Crippen molar-refractivity contribution in [1.29, 1.82) is 0 Å². The normalized spacial score (nSPS) is 10.3. The smallest absolute Gasteiger partial charge is 0.175 e. The first-order chi connectivity index (χ1) is 9.86. The van der Waals surface area contributed by atoms with Gasteiger partial charge in [-0.1, -0.05) is 33.6 Å². The van der Waals surface area contributed by atoms with Crippen molar-refractivity contribution in [1.82, 2.24) is 0 Å². The topological polar surface area (TPSA) is 24.1 Å². The van der Waals surface area contributed by atoms with Crippen LogP contribution in [-0.2, 0) is 0 Å². The van der Waals surface area contributed by atoms with E-state index < -0.39 is 5.82 Å². The molecule has 2 aromatic carbocycles. The number of hydrogen-bond acceptors (Lipinski definition) is 1. The van der Waals surface area contributed by atoms with E-state index in [1.807, 2.05) is 13.0 Å². The van der Waals surface area contributed by atoms with Crippen LogP contribution in [0, 0.1) is 12.7 Å². The van der Waals surface area contributed by atoms with Gasteiger partial charge in [0.1, 0.15) is 5.82 Å². The van der Waals surface area contributed by atoms with E-state index in [1.165, 1.54) is 6.07 Å². The summed E-state index contributed by atoms with van der Waals surface area (Å²) in [5.74, 6) is -0.414. The van der Waals surface area contributed by atoms with Gasteiger partial charge in [0.2, 0.25) is 0 Å². The van der Waals surface area contributed by atoms with Crippen LogP contribution in [0.15, 0.2) is 39.3 Å². The lowest BCUT2D eigenvalue weighted by Gasteiger charge is -2.14. The lowest BCUT2D eigenvalue weighted by atomic mass is 10.2. The Morgan fingerprint density at radius 1 is 1.19 bits per heavy atom. The van der Waals surface area contributed by atoms with Crippen molar-refractivity contribution in [3.8, 4) is 0 Å². The SMILES string of the molecule is Cc1ccc(Cl)cc1NC(=S)Nc1c(F)cc(Br)cc1Br. The van der Waals surface area contributed by atoms with Gasteiger partial charge in [-0.15, -0.1) is 0 Å². The number of benzene rings is 2. The molecule has 0 bridgehead atoms. The average molecular weight is 453 g/mol. The van der Waals surface area contributed by atoms with Crippen molar-refractivity contribution < 1.29 is 4.39 Å². The number of hydrogen-bond donors (Lipinski definition) is 2.